The highest BCUT2D eigenvalue weighted by Crippen LogP contribution is 2.58. The number of aromatic nitrogens is 2. The normalized spacial score (nSPS) is 11.2. The van der Waals surface area contributed by atoms with Gasteiger partial charge in [-0.2, -0.15) is 0 Å². The van der Waals surface area contributed by atoms with E-state index in [4.69, 9.17) is 0 Å². The van der Waals surface area contributed by atoms with Gasteiger partial charge in [0.05, 0.1) is 17.5 Å². The topological polar surface area (TPSA) is 25.8 Å². The number of benzene rings is 3. The molecule has 0 unspecified atom stereocenters. The molecule has 2 heterocycles. The van der Waals surface area contributed by atoms with Crippen LogP contribution in [0.25, 0.3) is 11.4 Å². The van der Waals surface area contributed by atoms with E-state index in [2.05, 4.69) is 113 Å². The predicted octanol–water partition coefficient (Wildman–Crippen LogP) is 5.64. The molecule has 0 aliphatic carbocycles. The van der Waals surface area contributed by atoms with Gasteiger partial charge in [0.25, 0.3) is 0 Å². The van der Waals surface area contributed by atoms with Crippen LogP contribution in [0.3, 0.4) is 0 Å². The largest absolute Gasteiger partial charge is 0.255 e. The van der Waals surface area contributed by atoms with Crippen molar-refractivity contribution in [3.63, 3.8) is 0 Å². The number of rotatable bonds is 6. The maximum absolute atomic E-state index is 4.61. The molecule has 0 atom stereocenters. The molecule has 0 aliphatic heterocycles. The summed E-state index contributed by atoms with van der Waals surface area (Å²) in [5.41, 5.74) is 3.08. The van der Waals surface area contributed by atoms with Gasteiger partial charge >= 0.3 is 0 Å². The molecule has 154 valence electrons. The van der Waals surface area contributed by atoms with E-state index in [1.165, 1.54) is 21.5 Å². The summed E-state index contributed by atoms with van der Waals surface area (Å²) in [5.74, 6) is 0. The van der Waals surface area contributed by atoms with Gasteiger partial charge in [0.1, 0.15) is 23.2 Å². The Hall–Kier alpha value is -3.61. The Bertz CT molecular complexity index is 1180. The highest BCUT2D eigenvalue weighted by Gasteiger charge is 2.45. The van der Waals surface area contributed by atoms with Gasteiger partial charge in [-0.1, -0.05) is 60.7 Å². The Kier molecular flexibility index (Phi) is 5.87. The van der Waals surface area contributed by atoms with E-state index in [1.54, 1.807) is 0 Å². The molecular weight excluding hydrogens is 407 g/mol. The van der Waals surface area contributed by atoms with Crippen molar-refractivity contribution in [1.29, 1.82) is 0 Å². The van der Waals surface area contributed by atoms with Gasteiger partial charge in [-0.25, -0.2) is 0 Å². The van der Waals surface area contributed by atoms with E-state index < -0.39 is 7.26 Å². The molecule has 3 heteroatoms. The molecule has 0 aliphatic rings. The predicted molar refractivity (Wildman–Crippen MR) is 136 cm³/mol. The van der Waals surface area contributed by atoms with Gasteiger partial charge in [0, 0.05) is 12.4 Å². The molecular formula is C29H24N2P+. The fourth-order valence-corrected chi connectivity index (χ4v) is 8.50. The van der Waals surface area contributed by atoms with Crippen molar-refractivity contribution in [2.24, 2.45) is 0 Å². The lowest BCUT2D eigenvalue weighted by Crippen LogP contribution is -2.32. The van der Waals surface area contributed by atoms with Gasteiger partial charge in [-0.15, -0.1) is 0 Å². The van der Waals surface area contributed by atoms with Crippen molar-refractivity contribution in [3.05, 3.63) is 139 Å². The van der Waals surface area contributed by atoms with Crippen LogP contribution in [0.2, 0.25) is 0 Å². The lowest BCUT2D eigenvalue weighted by molar-refractivity contribution is 1.22. The summed E-state index contributed by atoms with van der Waals surface area (Å²) in [4.78, 5) is 9.12. The maximum Gasteiger partial charge on any atom is 0.116 e. The van der Waals surface area contributed by atoms with Crippen LogP contribution in [0.5, 0.6) is 0 Å². The lowest BCUT2D eigenvalue weighted by Gasteiger charge is -2.28. The van der Waals surface area contributed by atoms with Gasteiger partial charge in [-0.3, -0.25) is 9.97 Å². The van der Waals surface area contributed by atoms with Crippen molar-refractivity contribution in [1.82, 2.24) is 9.97 Å². The monoisotopic (exact) mass is 431 g/mol. The minimum Gasteiger partial charge on any atom is -0.255 e. The molecule has 0 fully saturated rings. The van der Waals surface area contributed by atoms with Crippen LogP contribution in [0.15, 0.2) is 134 Å². The summed E-state index contributed by atoms with van der Waals surface area (Å²) in [6.45, 7) is 0. The standard InChI is InChI=1S/C29H24N2P/c1-4-12-25(13-5-1)32(26-14-6-2-7-15-26,27-16-8-3-9-17-27)23-24-19-21-31-29(22-24)28-18-10-11-20-30-28/h1-22H,23H2/q+1. The summed E-state index contributed by atoms with van der Waals surface area (Å²) in [6.07, 6.45) is 4.65. The van der Waals surface area contributed by atoms with Crippen molar-refractivity contribution >= 4 is 23.2 Å². The molecule has 5 rings (SSSR count). The number of hydrogen-bond donors (Lipinski definition) is 0. The third-order valence-electron chi connectivity index (χ3n) is 5.76. The Morgan fingerprint density at radius 3 is 1.47 bits per heavy atom. The van der Waals surface area contributed by atoms with Crippen molar-refractivity contribution in [3.8, 4) is 11.4 Å². The Morgan fingerprint density at radius 1 is 0.469 bits per heavy atom. The van der Waals surface area contributed by atoms with E-state index >= 15 is 0 Å². The van der Waals surface area contributed by atoms with Crippen molar-refractivity contribution in [2.45, 2.75) is 6.16 Å². The molecule has 3 aromatic carbocycles. The Balaban J connectivity index is 1.71. The second-order valence-corrected chi connectivity index (χ2v) is 11.2. The van der Waals surface area contributed by atoms with Gasteiger partial charge in [-0.05, 0) is 66.2 Å². The highest BCUT2D eigenvalue weighted by atomic mass is 31.2. The second kappa shape index (κ2) is 9.26. The summed E-state index contributed by atoms with van der Waals surface area (Å²) < 4.78 is 0. The minimum atomic E-state index is -1.93. The molecule has 0 N–H and O–H groups in total. The molecule has 0 radical (unpaired) electrons. The molecule has 32 heavy (non-hydrogen) atoms. The zero-order valence-corrected chi connectivity index (χ0v) is 18.6. The van der Waals surface area contributed by atoms with E-state index in [0.29, 0.717) is 0 Å². The van der Waals surface area contributed by atoms with Gasteiger partial charge in [0.2, 0.25) is 0 Å². The summed E-state index contributed by atoms with van der Waals surface area (Å²) in [7, 11) is -1.93. The van der Waals surface area contributed by atoms with E-state index in [0.717, 1.165) is 17.5 Å². The summed E-state index contributed by atoms with van der Waals surface area (Å²) in [5, 5.41) is 4.15. The van der Waals surface area contributed by atoms with Gasteiger partial charge in [0.15, 0.2) is 0 Å². The quantitative estimate of drug-likeness (QED) is 0.325. The average molecular weight is 431 g/mol. The first kappa shape index (κ1) is 20.3. The van der Waals surface area contributed by atoms with Crippen LogP contribution in [0.4, 0.5) is 0 Å². The van der Waals surface area contributed by atoms with Crippen LogP contribution < -0.4 is 15.9 Å². The van der Waals surface area contributed by atoms with Crippen LogP contribution in [-0.2, 0) is 6.16 Å². The van der Waals surface area contributed by atoms with E-state index in [9.17, 15) is 0 Å². The molecule has 0 saturated heterocycles. The number of hydrogen-bond acceptors (Lipinski definition) is 2. The van der Waals surface area contributed by atoms with E-state index in [1.807, 2.05) is 30.6 Å². The summed E-state index contributed by atoms with van der Waals surface area (Å²) >= 11 is 0. The highest BCUT2D eigenvalue weighted by molar-refractivity contribution is 7.95. The third-order valence-corrected chi connectivity index (χ3v) is 10.1. The third kappa shape index (κ3) is 3.98. The second-order valence-electron chi connectivity index (χ2n) is 7.74. The Morgan fingerprint density at radius 2 is 0.969 bits per heavy atom. The average Bonchev–Trinajstić information content (AvgIpc) is 2.89. The number of pyridine rings is 2. The summed E-state index contributed by atoms with van der Waals surface area (Å²) in [6, 6.07) is 43.2. The molecule has 5 aromatic rings. The van der Waals surface area contributed by atoms with Gasteiger partial charge < -0.3 is 0 Å². The molecule has 2 nitrogen and oxygen atoms in total. The zero-order valence-electron chi connectivity index (χ0n) is 17.8. The maximum atomic E-state index is 4.61. The lowest BCUT2D eigenvalue weighted by atomic mass is 10.2. The van der Waals surface area contributed by atoms with Crippen molar-refractivity contribution < 1.29 is 0 Å². The first-order valence-electron chi connectivity index (χ1n) is 10.8. The molecule has 0 amide bonds. The molecule has 0 spiro atoms. The van der Waals surface area contributed by atoms with Crippen molar-refractivity contribution in [2.75, 3.05) is 0 Å². The SMILES string of the molecule is c1ccc([P+](Cc2ccnc(-c3ccccn3)c2)(c2ccccc2)c2ccccc2)cc1. The fraction of sp³-hybridized carbons (Fsp3) is 0.0345. The minimum absolute atomic E-state index is 0.900. The first-order chi connectivity index (χ1) is 15.9. The Labute approximate surface area is 190 Å². The van der Waals surface area contributed by atoms with Crippen LogP contribution in [0.1, 0.15) is 5.56 Å². The number of nitrogens with zero attached hydrogens (tertiary/aromatic N) is 2. The van der Waals surface area contributed by atoms with Crippen LogP contribution >= 0.6 is 7.26 Å². The molecule has 0 saturated carbocycles. The van der Waals surface area contributed by atoms with Crippen LogP contribution in [0, 0.1) is 0 Å². The zero-order chi connectivity index (χ0) is 21.6. The van der Waals surface area contributed by atoms with Crippen LogP contribution in [-0.4, -0.2) is 9.97 Å². The fourth-order valence-electron chi connectivity index (χ4n) is 4.27. The molecule has 0 bridgehead atoms. The van der Waals surface area contributed by atoms with E-state index in [-0.39, 0.29) is 0 Å². The molecule has 2 aromatic heterocycles. The smallest absolute Gasteiger partial charge is 0.116 e. The first-order valence-corrected chi connectivity index (χ1v) is 12.7.